The number of hydrogen-bond acceptors (Lipinski definition) is 5. The van der Waals surface area contributed by atoms with Gasteiger partial charge >= 0.3 is 0 Å². The number of anilines is 2. The largest absolute Gasteiger partial charge is 0.497 e. The molecular formula is C23H21N3O4. The zero-order chi connectivity index (χ0) is 21.1. The molecule has 0 saturated carbocycles. The van der Waals surface area contributed by atoms with Gasteiger partial charge in [0, 0.05) is 36.5 Å². The summed E-state index contributed by atoms with van der Waals surface area (Å²) in [4.78, 5) is 26.0. The fraction of sp³-hybridized carbons (Fsp3) is 0.174. The second-order valence-electron chi connectivity index (χ2n) is 7.09. The van der Waals surface area contributed by atoms with Gasteiger partial charge in [0.25, 0.3) is 11.6 Å². The first-order valence-electron chi connectivity index (χ1n) is 9.61. The molecule has 3 aromatic carbocycles. The number of nitrogens with one attached hydrogen (secondary N) is 1. The average molecular weight is 403 g/mol. The molecule has 0 aliphatic carbocycles. The zero-order valence-corrected chi connectivity index (χ0v) is 16.5. The second kappa shape index (κ2) is 8.24. The van der Waals surface area contributed by atoms with Crippen LogP contribution < -0.4 is 15.0 Å². The summed E-state index contributed by atoms with van der Waals surface area (Å²) in [5.74, 6) is 0.196. The quantitative estimate of drug-likeness (QED) is 0.504. The molecule has 1 heterocycles. The highest BCUT2D eigenvalue weighted by molar-refractivity contribution is 6.05. The minimum Gasteiger partial charge on any atom is -0.497 e. The Bertz CT molecular complexity index is 1110. The van der Waals surface area contributed by atoms with Crippen LogP contribution in [0.2, 0.25) is 0 Å². The maximum absolute atomic E-state index is 12.7. The summed E-state index contributed by atoms with van der Waals surface area (Å²) >= 11 is 0. The van der Waals surface area contributed by atoms with Crippen molar-refractivity contribution in [2.75, 3.05) is 23.9 Å². The summed E-state index contributed by atoms with van der Waals surface area (Å²) in [5.41, 5.74) is 3.66. The van der Waals surface area contributed by atoms with E-state index in [4.69, 9.17) is 4.74 Å². The predicted octanol–water partition coefficient (Wildman–Crippen LogP) is 4.42. The number of carbonyl (C=O) groups excluding carboxylic acids is 1. The number of fused-ring (bicyclic) bond motifs is 1. The van der Waals surface area contributed by atoms with Gasteiger partial charge in [0.05, 0.1) is 12.0 Å². The van der Waals surface area contributed by atoms with Gasteiger partial charge in [-0.05, 0) is 41.8 Å². The molecule has 1 aliphatic rings. The maximum atomic E-state index is 12.7. The van der Waals surface area contributed by atoms with Gasteiger partial charge in [-0.15, -0.1) is 0 Å². The van der Waals surface area contributed by atoms with Crippen molar-refractivity contribution in [2.24, 2.45) is 0 Å². The third-order valence-electron chi connectivity index (χ3n) is 5.23. The molecule has 1 amide bonds. The molecule has 30 heavy (non-hydrogen) atoms. The van der Waals surface area contributed by atoms with E-state index in [9.17, 15) is 14.9 Å². The Hall–Kier alpha value is -3.87. The van der Waals surface area contributed by atoms with Crippen LogP contribution in [0, 0.1) is 10.1 Å². The fourth-order valence-corrected chi connectivity index (χ4v) is 3.68. The number of nitrogens with zero attached hydrogens (tertiary/aromatic N) is 2. The third-order valence-corrected chi connectivity index (χ3v) is 5.23. The number of benzene rings is 3. The Morgan fingerprint density at radius 1 is 1.07 bits per heavy atom. The average Bonchev–Trinajstić information content (AvgIpc) is 2.78. The van der Waals surface area contributed by atoms with E-state index < -0.39 is 10.8 Å². The lowest BCUT2D eigenvalue weighted by atomic mass is 9.99. The number of carbonyl (C=O) groups is 1. The number of methoxy groups -OCH3 is 1. The predicted molar refractivity (Wildman–Crippen MR) is 115 cm³/mol. The van der Waals surface area contributed by atoms with Crippen LogP contribution in [0.4, 0.5) is 17.1 Å². The molecule has 3 aromatic rings. The maximum Gasteiger partial charge on any atom is 0.293 e. The van der Waals surface area contributed by atoms with Gasteiger partial charge in [0.15, 0.2) is 0 Å². The van der Waals surface area contributed by atoms with Crippen LogP contribution in [0.1, 0.15) is 21.5 Å². The van der Waals surface area contributed by atoms with E-state index in [-0.39, 0.29) is 11.3 Å². The molecule has 0 bridgehead atoms. The van der Waals surface area contributed by atoms with E-state index in [0.29, 0.717) is 30.2 Å². The molecule has 1 aliphatic heterocycles. The van der Waals surface area contributed by atoms with Crippen molar-refractivity contribution in [1.29, 1.82) is 0 Å². The zero-order valence-electron chi connectivity index (χ0n) is 16.5. The van der Waals surface area contributed by atoms with E-state index in [2.05, 4.69) is 11.4 Å². The molecule has 0 aromatic heterocycles. The topological polar surface area (TPSA) is 84.7 Å². The second-order valence-corrected chi connectivity index (χ2v) is 7.09. The van der Waals surface area contributed by atoms with Gasteiger partial charge in [-0.25, -0.2) is 0 Å². The van der Waals surface area contributed by atoms with E-state index in [1.807, 2.05) is 23.1 Å². The van der Waals surface area contributed by atoms with Crippen molar-refractivity contribution in [3.8, 4) is 5.75 Å². The van der Waals surface area contributed by atoms with Crippen molar-refractivity contribution in [2.45, 2.75) is 13.0 Å². The molecule has 1 N–H and O–H groups in total. The van der Waals surface area contributed by atoms with Gasteiger partial charge in [-0.2, -0.15) is 0 Å². The fourth-order valence-electron chi connectivity index (χ4n) is 3.68. The molecule has 0 saturated heterocycles. The lowest BCUT2D eigenvalue weighted by Crippen LogP contribution is -2.30. The van der Waals surface area contributed by atoms with E-state index >= 15 is 0 Å². The van der Waals surface area contributed by atoms with Gasteiger partial charge in [-0.3, -0.25) is 14.9 Å². The standard InChI is InChI=1S/C23H21N3O4/c1-30-20-8-4-7-19(14-20)24-23(27)17-9-10-21(22(13-17)26(28)29)25-12-11-16-5-2-3-6-18(16)15-25/h2-10,13-14H,11-12,15H2,1H3,(H,24,27). The van der Waals surface area contributed by atoms with Gasteiger partial charge < -0.3 is 15.0 Å². The van der Waals surface area contributed by atoms with Crippen LogP contribution in [-0.4, -0.2) is 24.5 Å². The van der Waals surface area contributed by atoms with Crippen molar-refractivity contribution in [3.63, 3.8) is 0 Å². The minimum atomic E-state index is -0.432. The lowest BCUT2D eigenvalue weighted by Gasteiger charge is -2.30. The first-order valence-corrected chi connectivity index (χ1v) is 9.61. The van der Waals surface area contributed by atoms with Crippen LogP contribution in [-0.2, 0) is 13.0 Å². The number of ether oxygens (including phenoxy) is 1. The van der Waals surface area contributed by atoms with Crippen molar-refractivity contribution >= 4 is 23.0 Å². The number of nitro benzene ring substituents is 1. The van der Waals surface area contributed by atoms with Crippen LogP contribution in [0.3, 0.4) is 0 Å². The molecule has 0 unspecified atom stereocenters. The summed E-state index contributed by atoms with van der Waals surface area (Å²) in [7, 11) is 1.54. The summed E-state index contributed by atoms with van der Waals surface area (Å²) in [6.45, 7) is 1.29. The summed E-state index contributed by atoms with van der Waals surface area (Å²) in [6, 6.07) is 19.7. The summed E-state index contributed by atoms with van der Waals surface area (Å²) < 4.78 is 5.15. The highest BCUT2D eigenvalue weighted by Gasteiger charge is 2.25. The molecule has 7 heteroatoms. The number of nitro groups is 1. The van der Waals surface area contributed by atoms with Crippen molar-refractivity contribution in [1.82, 2.24) is 0 Å². The third kappa shape index (κ3) is 3.96. The molecule has 0 spiro atoms. The van der Waals surface area contributed by atoms with Gasteiger partial charge in [0.1, 0.15) is 11.4 Å². The Balaban J connectivity index is 1.59. The lowest BCUT2D eigenvalue weighted by molar-refractivity contribution is -0.384. The molecule has 152 valence electrons. The number of hydrogen-bond donors (Lipinski definition) is 1. The van der Waals surface area contributed by atoms with Crippen LogP contribution in [0.15, 0.2) is 66.7 Å². The Kier molecular flexibility index (Phi) is 5.34. The normalized spacial score (nSPS) is 12.8. The smallest absolute Gasteiger partial charge is 0.293 e. The van der Waals surface area contributed by atoms with Gasteiger partial charge in [0.2, 0.25) is 0 Å². The first kappa shape index (κ1) is 19.4. The minimum absolute atomic E-state index is 0.0762. The van der Waals surface area contributed by atoms with Gasteiger partial charge in [-0.1, -0.05) is 30.3 Å². The van der Waals surface area contributed by atoms with Crippen molar-refractivity contribution < 1.29 is 14.5 Å². The van der Waals surface area contributed by atoms with E-state index in [1.165, 1.54) is 11.6 Å². The monoisotopic (exact) mass is 403 g/mol. The highest BCUT2D eigenvalue weighted by Crippen LogP contribution is 2.33. The summed E-state index contributed by atoms with van der Waals surface area (Å²) in [5, 5.41) is 14.5. The van der Waals surface area contributed by atoms with Crippen LogP contribution in [0.5, 0.6) is 5.75 Å². The summed E-state index contributed by atoms with van der Waals surface area (Å²) in [6.07, 6.45) is 0.825. The number of rotatable bonds is 5. The molecule has 0 radical (unpaired) electrons. The highest BCUT2D eigenvalue weighted by atomic mass is 16.6. The van der Waals surface area contributed by atoms with E-state index in [1.54, 1.807) is 43.5 Å². The molecule has 0 atom stereocenters. The molecule has 0 fully saturated rings. The van der Waals surface area contributed by atoms with Crippen molar-refractivity contribution in [3.05, 3.63) is 93.5 Å². The molecule has 4 rings (SSSR count). The Labute approximate surface area is 174 Å². The Morgan fingerprint density at radius 2 is 1.87 bits per heavy atom. The van der Waals surface area contributed by atoms with E-state index in [0.717, 1.165) is 12.0 Å². The number of amides is 1. The Morgan fingerprint density at radius 3 is 2.63 bits per heavy atom. The van der Waals surface area contributed by atoms with Crippen LogP contribution in [0.25, 0.3) is 0 Å². The SMILES string of the molecule is COc1cccc(NC(=O)c2ccc(N3CCc4ccccc4C3)c([N+](=O)[O-])c2)c1. The van der Waals surface area contributed by atoms with Crippen LogP contribution >= 0.6 is 0 Å². The molecular weight excluding hydrogens is 382 g/mol. The molecule has 7 nitrogen and oxygen atoms in total. The first-order chi connectivity index (χ1) is 14.5.